The van der Waals surface area contributed by atoms with Crippen molar-refractivity contribution >= 4 is 33.5 Å². The van der Waals surface area contributed by atoms with Gasteiger partial charge in [0.25, 0.3) is 0 Å². The van der Waals surface area contributed by atoms with Crippen molar-refractivity contribution in [1.82, 2.24) is 0 Å². The minimum atomic E-state index is -0.596. The molecule has 0 saturated carbocycles. The van der Waals surface area contributed by atoms with E-state index in [1.807, 2.05) is 0 Å². The van der Waals surface area contributed by atoms with Gasteiger partial charge >= 0.3 is 5.97 Å². The van der Waals surface area contributed by atoms with Crippen LogP contribution < -0.4 is 0 Å². The molecule has 2 rings (SSSR count). The summed E-state index contributed by atoms with van der Waals surface area (Å²) in [5.74, 6) is -0.866. The number of rotatable bonds is 2. The second-order valence-corrected chi connectivity index (χ2v) is 7.21. The molecule has 2 aromatic rings. The molecular weight excluding hydrogens is 371 g/mol. The Morgan fingerprint density at radius 2 is 1.86 bits per heavy atom. The first kappa shape index (κ1) is 17.0. The number of carbonyl (C=O) groups is 1. The fourth-order valence-electron chi connectivity index (χ4n) is 1.92. The predicted molar refractivity (Wildman–Crippen MR) is 89.7 cm³/mol. The van der Waals surface area contributed by atoms with E-state index in [2.05, 4.69) is 15.9 Å². The molecule has 0 aromatic heterocycles. The highest BCUT2D eigenvalue weighted by molar-refractivity contribution is 9.10. The number of halogens is 3. The SMILES string of the molecule is CC(C)(C)OC(=O)c1cc(Br)cc(-c2cc(Cl)ccc2F)c1. The summed E-state index contributed by atoms with van der Waals surface area (Å²) in [6.07, 6.45) is 0. The van der Waals surface area contributed by atoms with Gasteiger partial charge in [0.1, 0.15) is 11.4 Å². The van der Waals surface area contributed by atoms with Gasteiger partial charge in [0.2, 0.25) is 0 Å². The minimum Gasteiger partial charge on any atom is -0.456 e. The van der Waals surface area contributed by atoms with Crippen LogP contribution in [0.15, 0.2) is 40.9 Å². The minimum absolute atomic E-state index is 0.332. The molecule has 0 heterocycles. The van der Waals surface area contributed by atoms with E-state index >= 15 is 0 Å². The average molecular weight is 386 g/mol. The molecule has 0 spiro atoms. The van der Waals surface area contributed by atoms with Crippen LogP contribution in [0.4, 0.5) is 4.39 Å². The molecule has 0 bridgehead atoms. The van der Waals surface area contributed by atoms with Crippen LogP contribution in [-0.2, 0) is 4.74 Å². The van der Waals surface area contributed by atoms with E-state index in [9.17, 15) is 9.18 Å². The van der Waals surface area contributed by atoms with E-state index in [4.69, 9.17) is 16.3 Å². The van der Waals surface area contributed by atoms with E-state index in [1.54, 1.807) is 39.0 Å². The van der Waals surface area contributed by atoms with Crippen LogP contribution in [0.2, 0.25) is 5.02 Å². The lowest BCUT2D eigenvalue weighted by molar-refractivity contribution is 0.00695. The summed E-state index contributed by atoms with van der Waals surface area (Å²) in [6.45, 7) is 5.38. The Bertz CT molecular complexity index is 723. The maximum Gasteiger partial charge on any atom is 0.338 e. The Morgan fingerprint density at radius 3 is 2.50 bits per heavy atom. The summed E-state index contributed by atoms with van der Waals surface area (Å²) >= 11 is 9.26. The Labute approximate surface area is 142 Å². The maximum atomic E-state index is 14.0. The zero-order valence-corrected chi connectivity index (χ0v) is 14.8. The van der Waals surface area contributed by atoms with Crippen molar-refractivity contribution in [2.45, 2.75) is 26.4 Å². The molecule has 22 heavy (non-hydrogen) atoms. The van der Waals surface area contributed by atoms with E-state index < -0.39 is 17.4 Å². The van der Waals surface area contributed by atoms with Gasteiger partial charge in [-0.2, -0.15) is 0 Å². The van der Waals surface area contributed by atoms with Gasteiger partial charge in [0.05, 0.1) is 5.56 Å². The van der Waals surface area contributed by atoms with Crippen molar-refractivity contribution in [3.8, 4) is 11.1 Å². The zero-order chi connectivity index (χ0) is 16.5. The van der Waals surface area contributed by atoms with Gasteiger partial charge in [-0.1, -0.05) is 27.5 Å². The van der Waals surface area contributed by atoms with Crippen LogP contribution in [-0.4, -0.2) is 11.6 Å². The fourth-order valence-corrected chi connectivity index (χ4v) is 2.58. The summed E-state index contributed by atoms with van der Waals surface area (Å²) in [5, 5.41) is 0.426. The number of hydrogen-bond donors (Lipinski definition) is 0. The molecule has 5 heteroatoms. The fraction of sp³-hybridized carbons (Fsp3) is 0.235. The number of carbonyl (C=O) groups excluding carboxylic acids is 1. The van der Waals surface area contributed by atoms with Crippen LogP contribution in [0.5, 0.6) is 0 Å². The Morgan fingerprint density at radius 1 is 1.18 bits per heavy atom. The largest absolute Gasteiger partial charge is 0.456 e. The second-order valence-electron chi connectivity index (χ2n) is 5.85. The standard InChI is InChI=1S/C17H15BrClFO2/c1-17(2,3)22-16(21)11-6-10(7-12(18)8-11)14-9-13(19)4-5-15(14)20/h4-9H,1-3H3. The zero-order valence-electron chi connectivity index (χ0n) is 12.4. The van der Waals surface area contributed by atoms with Gasteiger partial charge in [-0.05, 0) is 62.7 Å². The topological polar surface area (TPSA) is 26.3 Å². The van der Waals surface area contributed by atoms with Crippen LogP contribution in [0.3, 0.4) is 0 Å². The van der Waals surface area contributed by atoms with E-state index in [1.165, 1.54) is 18.2 Å². The molecule has 0 radical (unpaired) electrons. The second kappa shape index (κ2) is 6.39. The normalized spacial score (nSPS) is 11.4. The molecule has 0 amide bonds. The Hall–Kier alpha value is -1.39. The highest BCUT2D eigenvalue weighted by Gasteiger charge is 2.19. The summed E-state index contributed by atoms with van der Waals surface area (Å²) in [5.41, 5.74) is 0.633. The molecule has 0 saturated heterocycles. The Balaban J connectivity index is 2.47. The van der Waals surface area contributed by atoms with Crippen molar-refractivity contribution < 1.29 is 13.9 Å². The van der Waals surface area contributed by atoms with Crippen molar-refractivity contribution in [2.24, 2.45) is 0 Å². The first-order valence-electron chi connectivity index (χ1n) is 6.65. The van der Waals surface area contributed by atoms with E-state index in [-0.39, 0.29) is 0 Å². The van der Waals surface area contributed by atoms with Gasteiger partial charge < -0.3 is 4.74 Å². The predicted octanol–water partition coefficient (Wildman–Crippen LogP) is 5.86. The van der Waals surface area contributed by atoms with E-state index in [0.29, 0.717) is 26.2 Å². The van der Waals surface area contributed by atoms with Gasteiger partial charge in [-0.15, -0.1) is 0 Å². The van der Waals surface area contributed by atoms with Crippen molar-refractivity contribution in [1.29, 1.82) is 0 Å². The molecule has 2 aromatic carbocycles. The van der Waals surface area contributed by atoms with Crippen LogP contribution in [0.1, 0.15) is 31.1 Å². The van der Waals surface area contributed by atoms with E-state index in [0.717, 1.165) is 0 Å². The first-order chi connectivity index (χ1) is 10.2. The van der Waals surface area contributed by atoms with Gasteiger partial charge in [-0.25, -0.2) is 9.18 Å². The molecule has 0 aliphatic rings. The highest BCUT2D eigenvalue weighted by atomic mass is 79.9. The van der Waals surface area contributed by atoms with Gasteiger partial charge in [0, 0.05) is 15.1 Å². The Kier molecular flexibility index (Phi) is 4.93. The van der Waals surface area contributed by atoms with Crippen LogP contribution >= 0.6 is 27.5 Å². The lowest BCUT2D eigenvalue weighted by Gasteiger charge is -2.20. The lowest BCUT2D eigenvalue weighted by atomic mass is 10.0. The van der Waals surface area contributed by atoms with Crippen molar-refractivity contribution in [3.05, 3.63) is 57.3 Å². The molecular formula is C17H15BrClFO2. The molecule has 0 aliphatic heterocycles. The summed E-state index contributed by atoms with van der Waals surface area (Å²) in [6, 6.07) is 9.26. The van der Waals surface area contributed by atoms with Gasteiger partial charge in [-0.3, -0.25) is 0 Å². The molecule has 0 unspecified atom stereocenters. The maximum absolute atomic E-state index is 14.0. The lowest BCUT2D eigenvalue weighted by Crippen LogP contribution is -2.23. The molecule has 0 atom stereocenters. The third kappa shape index (κ3) is 4.31. The molecule has 0 fully saturated rings. The average Bonchev–Trinajstić information content (AvgIpc) is 2.39. The quantitative estimate of drug-likeness (QED) is 0.605. The highest BCUT2D eigenvalue weighted by Crippen LogP contribution is 2.30. The smallest absolute Gasteiger partial charge is 0.338 e. The van der Waals surface area contributed by atoms with Gasteiger partial charge in [0.15, 0.2) is 0 Å². The van der Waals surface area contributed by atoms with Crippen LogP contribution in [0, 0.1) is 5.82 Å². The molecule has 116 valence electrons. The number of ether oxygens (including phenoxy) is 1. The monoisotopic (exact) mass is 384 g/mol. The summed E-state index contributed by atoms with van der Waals surface area (Å²) in [7, 11) is 0. The first-order valence-corrected chi connectivity index (χ1v) is 7.82. The third-order valence-electron chi connectivity index (χ3n) is 2.77. The third-order valence-corrected chi connectivity index (χ3v) is 3.46. The molecule has 2 nitrogen and oxygen atoms in total. The van der Waals surface area contributed by atoms with Crippen molar-refractivity contribution in [2.75, 3.05) is 0 Å². The van der Waals surface area contributed by atoms with Crippen LogP contribution in [0.25, 0.3) is 11.1 Å². The molecule has 0 N–H and O–H groups in total. The molecule has 0 aliphatic carbocycles. The number of hydrogen-bond acceptors (Lipinski definition) is 2. The number of esters is 1. The van der Waals surface area contributed by atoms with Crippen molar-refractivity contribution in [3.63, 3.8) is 0 Å². The summed E-state index contributed by atoms with van der Waals surface area (Å²) < 4.78 is 20.0. The summed E-state index contributed by atoms with van der Waals surface area (Å²) in [4.78, 5) is 12.2. The number of benzene rings is 2.